The molecule has 1 N–H and O–H groups in total. The first-order chi connectivity index (χ1) is 25.0. The Morgan fingerprint density at radius 2 is 1.62 bits per heavy atom. The van der Waals surface area contributed by atoms with E-state index in [4.69, 9.17) is 14.2 Å². The Kier molecular flexibility index (Phi) is 12.2. The Hall–Kier alpha value is -3.56. The van der Waals surface area contributed by atoms with Crippen molar-refractivity contribution in [2.75, 3.05) is 64.8 Å². The molecule has 282 valence electrons. The average molecular weight is 745 g/mol. The third-order valence-corrected chi connectivity index (χ3v) is 11.3. The van der Waals surface area contributed by atoms with Crippen LogP contribution in [-0.2, 0) is 25.5 Å². The number of amides is 1. The summed E-state index contributed by atoms with van der Waals surface area (Å²) < 4.78 is 58.9. The van der Waals surface area contributed by atoms with E-state index in [9.17, 15) is 27.6 Å². The Morgan fingerprint density at radius 3 is 2.29 bits per heavy atom. The van der Waals surface area contributed by atoms with Crippen LogP contribution in [0.15, 0.2) is 47.8 Å². The number of anilines is 1. The Morgan fingerprint density at radius 1 is 0.923 bits per heavy atom. The number of alkyl halides is 3. The number of nitrogens with one attached hydrogen (secondary N) is 1. The molecule has 14 heteroatoms. The molecule has 0 bridgehead atoms. The summed E-state index contributed by atoms with van der Waals surface area (Å²) in [6.45, 7) is 3.04. The van der Waals surface area contributed by atoms with Crippen molar-refractivity contribution in [3.63, 3.8) is 0 Å². The maximum Gasteiger partial charge on any atom is 0.401 e. The molecular weight excluding hydrogens is 698 g/mol. The number of fused-ring (bicyclic) bond motifs is 1. The highest BCUT2D eigenvalue weighted by Gasteiger charge is 2.53. The van der Waals surface area contributed by atoms with Gasteiger partial charge in [0.15, 0.2) is 5.78 Å². The molecule has 6 rings (SSSR count). The summed E-state index contributed by atoms with van der Waals surface area (Å²) in [5.74, 6) is -2.04. The van der Waals surface area contributed by atoms with Crippen LogP contribution in [0.2, 0.25) is 0 Å². The van der Waals surface area contributed by atoms with Crippen LogP contribution in [0.25, 0.3) is 10.1 Å². The first-order valence-corrected chi connectivity index (χ1v) is 19.0. The summed E-state index contributed by atoms with van der Waals surface area (Å²) in [7, 11) is 1.50. The third-order valence-electron chi connectivity index (χ3n) is 10.3. The van der Waals surface area contributed by atoms with E-state index in [1.807, 2.05) is 34.5 Å². The zero-order valence-corrected chi connectivity index (χ0v) is 30.5. The fourth-order valence-electron chi connectivity index (χ4n) is 7.75. The Balaban J connectivity index is 1.25. The number of esters is 1. The summed E-state index contributed by atoms with van der Waals surface area (Å²) in [4.78, 5) is 46.1. The number of hydrogen-bond acceptors (Lipinski definition) is 10. The van der Waals surface area contributed by atoms with Crippen molar-refractivity contribution in [1.29, 1.82) is 0 Å². The molecule has 2 aliphatic heterocycles. The lowest BCUT2D eigenvalue weighted by molar-refractivity contribution is -0.262. The molecule has 1 saturated carbocycles. The summed E-state index contributed by atoms with van der Waals surface area (Å²) >= 11 is 1.49. The van der Waals surface area contributed by atoms with Crippen LogP contribution in [0.4, 0.5) is 18.9 Å². The predicted molar refractivity (Wildman–Crippen MR) is 193 cm³/mol. The van der Waals surface area contributed by atoms with Gasteiger partial charge in [0.05, 0.1) is 43.5 Å². The summed E-state index contributed by atoms with van der Waals surface area (Å²) in [6.07, 6.45) is -0.699. The quantitative estimate of drug-likeness (QED) is 0.201. The fourth-order valence-corrected chi connectivity index (χ4v) is 8.69. The number of rotatable bonds is 13. The van der Waals surface area contributed by atoms with Gasteiger partial charge in [-0.3, -0.25) is 29.1 Å². The molecule has 1 atom stereocenters. The lowest BCUT2D eigenvalue weighted by atomic mass is 9.87. The number of thiophene rings is 1. The van der Waals surface area contributed by atoms with E-state index >= 15 is 0 Å². The number of methoxy groups -OCH3 is 1. The molecule has 10 nitrogen and oxygen atoms in total. The molecule has 1 aromatic heterocycles. The van der Waals surface area contributed by atoms with Gasteiger partial charge in [0.25, 0.3) is 5.91 Å². The largest absolute Gasteiger partial charge is 0.495 e. The standard InChI is InChI=1S/C38H47F3N4O6S/c1-3-50-36(48)27-11-13-28(14-12-27)51-38(44-16-6-7-17-44,45-20-18-43(19-21-45)25-37(39,40)41)34(46)23-26-10-15-31(32(22-26)49-2)42-35(47)30-24-52-33-9-5-4-8-29(30)33/h4-5,8-10,15,22,24,27-28H,3,6-7,11-14,16-21,23,25H2,1-2H3,(H,42,47)/t27-,28-,38?. The van der Waals surface area contributed by atoms with E-state index in [0.717, 1.165) is 22.9 Å². The molecule has 3 fully saturated rings. The van der Waals surface area contributed by atoms with Gasteiger partial charge in [-0.2, -0.15) is 13.2 Å². The molecule has 0 spiro atoms. The van der Waals surface area contributed by atoms with Crippen LogP contribution < -0.4 is 10.1 Å². The number of halogens is 3. The van der Waals surface area contributed by atoms with Gasteiger partial charge in [-0.25, -0.2) is 0 Å². The highest BCUT2D eigenvalue weighted by atomic mass is 32.1. The van der Waals surface area contributed by atoms with Gasteiger partial charge in [-0.1, -0.05) is 24.3 Å². The van der Waals surface area contributed by atoms with Gasteiger partial charge in [-0.15, -0.1) is 11.3 Å². The number of likely N-dealkylation sites (tertiary alicyclic amines) is 1. The minimum absolute atomic E-state index is 0.0306. The van der Waals surface area contributed by atoms with Crippen molar-refractivity contribution in [2.24, 2.45) is 5.92 Å². The number of piperazine rings is 1. The fraction of sp³-hybridized carbons (Fsp3) is 0.553. The second-order valence-electron chi connectivity index (χ2n) is 13.8. The van der Waals surface area contributed by atoms with E-state index in [2.05, 4.69) is 10.2 Å². The van der Waals surface area contributed by atoms with Crippen LogP contribution in [0.1, 0.15) is 61.4 Å². The number of hydrogen-bond donors (Lipinski definition) is 1. The van der Waals surface area contributed by atoms with Crippen molar-refractivity contribution in [3.8, 4) is 5.75 Å². The topological polar surface area (TPSA) is 101 Å². The molecule has 1 amide bonds. The molecule has 52 heavy (non-hydrogen) atoms. The first kappa shape index (κ1) is 38.2. The minimum Gasteiger partial charge on any atom is -0.495 e. The Bertz CT molecular complexity index is 1710. The lowest BCUT2D eigenvalue weighted by Crippen LogP contribution is -2.71. The van der Waals surface area contributed by atoms with E-state index in [-0.39, 0.29) is 62.3 Å². The van der Waals surface area contributed by atoms with E-state index in [1.165, 1.54) is 23.3 Å². The number of ketones is 1. The number of Topliss-reactive ketones (excluding diaryl/α,β-unsaturated/α-hetero) is 1. The molecule has 1 aliphatic carbocycles. The van der Waals surface area contributed by atoms with Crippen LogP contribution in [0, 0.1) is 5.92 Å². The molecule has 3 heterocycles. The maximum absolute atomic E-state index is 14.9. The van der Waals surface area contributed by atoms with Gasteiger partial charge < -0.3 is 19.5 Å². The summed E-state index contributed by atoms with van der Waals surface area (Å²) in [5.41, 5.74) is 1.66. The molecular formula is C38H47F3N4O6S. The third kappa shape index (κ3) is 8.62. The normalized spacial score (nSPS) is 21.9. The zero-order chi connectivity index (χ0) is 36.9. The van der Waals surface area contributed by atoms with Gasteiger partial charge in [-0.05, 0) is 69.2 Å². The second kappa shape index (κ2) is 16.6. The summed E-state index contributed by atoms with van der Waals surface area (Å²) in [6, 6.07) is 12.9. The van der Waals surface area contributed by atoms with E-state index in [0.29, 0.717) is 67.9 Å². The second-order valence-corrected chi connectivity index (χ2v) is 14.7. The number of nitrogens with zero attached hydrogens (tertiary/aromatic N) is 3. The monoisotopic (exact) mass is 744 g/mol. The number of ether oxygens (including phenoxy) is 3. The highest BCUT2D eigenvalue weighted by Crippen LogP contribution is 2.38. The number of carbonyl (C=O) groups is 3. The predicted octanol–water partition coefficient (Wildman–Crippen LogP) is 6.34. The van der Waals surface area contributed by atoms with Crippen LogP contribution in [-0.4, -0.2) is 110 Å². The van der Waals surface area contributed by atoms with Gasteiger partial charge >= 0.3 is 12.1 Å². The van der Waals surface area contributed by atoms with Crippen molar-refractivity contribution >= 4 is 44.8 Å². The first-order valence-electron chi connectivity index (χ1n) is 18.1. The number of carbonyl (C=O) groups excluding carboxylic acids is 3. The molecule has 2 saturated heterocycles. The van der Waals surface area contributed by atoms with E-state index in [1.54, 1.807) is 25.1 Å². The van der Waals surface area contributed by atoms with Crippen molar-refractivity contribution in [2.45, 2.75) is 70.0 Å². The lowest BCUT2D eigenvalue weighted by Gasteiger charge is -2.52. The van der Waals surface area contributed by atoms with Crippen LogP contribution in [0.5, 0.6) is 5.75 Å². The van der Waals surface area contributed by atoms with Crippen molar-refractivity contribution < 1.29 is 41.8 Å². The van der Waals surface area contributed by atoms with E-state index < -0.39 is 18.6 Å². The molecule has 3 aromatic rings. The maximum atomic E-state index is 14.9. The summed E-state index contributed by atoms with van der Waals surface area (Å²) in [5, 5.41) is 5.64. The smallest absolute Gasteiger partial charge is 0.401 e. The molecule has 2 aromatic carbocycles. The SMILES string of the molecule is CCOC(=O)[C@H]1CC[C@H](OC(C(=O)Cc2ccc(NC(=O)c3csc4ccccc34)c(OC)c2)(N2CCCC2)N2CCN(CC(F)(F)F)CC2)CC1. The molecule has 3 aliphatic rings. The number of benzene rings is 2. The van der Waals surface area contributed by atoms with Gasteiger partial charge in [0.1, 0.15) is 5.75 Å². The van der Waals surface area contributed by atoms with Crippen molar-refractivity contribution in [3.05, 3.63) is 59.0 Å². The van der Waals surface area contributed by atoms with Crippen LogP contribution in [0.3, 0.4) is 0 Å². The molecule has 1 unspecified atom stereocenters. The van der Waals surface area contributed by atoms with Gasteiger partial charge in [0.2, 0.25) is 5.85 Å². The minimum atomic E-state index is -4.32. The Labute approximate surface area is 306 Å². The van der Waals surface area contributed by atoms with Crippen molar-refractivity contribution in [1.82, 2.24) is 14.7 Å². The molecule has 0 radical (unpaired) electrons. The zero-order valence-electron chi connectivity index (χ0n) is 29.7. The van der Waals surface area contributed by atoms with Crippen LogP contribution >= 0.6 is 11.3 Å². The van der Waals surface area contributed by atoms with Gasteiger partial charge in [0, 0.05) is 61.2 Å². The highest BCUT2D eigenvalue weighted by molar-refractivity contribution is 7.17. The average Bonchev–Trinajstić information content (AvgIpc) is 3.83.